The number of ketones is 1. The molecule has 0 bridgehead atoms. The Morgan fingerprint density at radius 3 is 2.76 bits per heavy atom. The van der Waals surface area contributed by atoms with Crippen molar-refractivity contribution in [2.24, 2.45) is 0 Å². The average Bonchev–Trinajstić information content (AvgIpc) is 2.29. The number of aliphatic carboxylic acids is 1. The molecule has 0 radical (unpaired) electrons. The van der Waals surface area contributed by atoms with Crippen molar-refractivity contribution in [3.63, 3.8) is 0 Å². The third-order valence-electron chi connectivity index (χ3n) is 2.06. The van der Waals surface area contributed by atoms with E-state index in [9.17, 15) is 9.59 Å². The fourth-order valence-corrected chi connectivity index (χ4v) is 1.33. The van der Waals surface area contributed by atoms with E-state index in [0.29, 0.717) is 0 Å². The molecule has 0 unspecified atom stereocenters. The van der Waals surface area contributed by atoms with Crippen molar-refractivity contribution in [3.8, 4) is 5.75 Å². The van der Waals surface area contributed by atoms with Gasteiger partial charge >= 0.3 is 5.97 Å². The van der Waals surface area contributed by atoms with Gasteiger partial charge in [-0.1, -0.05) is 18.5 Å². The first-order valence-electron chi connectivity index (χ1n) is 5.86. The van der Waals surface area contributed by atoms with Gasteiger partial charge in [-0.25, -0.2) is 4.79 Å². The van der Waals surface area contributed by atoms with E-state index in [1.165, 1.54) is 25.1 Å². The zero-order valence-corrected chi connectivity index (χ0v) is 10.1. The lowest BCUT2D eigenvalue weighted by Crippen LogP contribution is -2.23. The maximum Gasteiger partial charge on any atom is 0.344 e. The molecule has 5 heteroatoms. The topological polar surface area (TPSA) is 63.6 Å². The SMILES string of the molecule is [2H]C([2H])(C)C(=O)c1cc(Cl)ccc1O[C@@H](C)C(=O)O. The van der Waals surface area contributed by atoms with E-state index >= 15 is 0 Å². The highest BCUT2D eigenvalue weighted by atomic mass is 35.5. The molecule has 0 aliphatic rings. The Kier molecular flexibility index (Phi) is 3.54. The van der Waals surface area contributed by atoms with Crippen molar-refractivity contribution in [1.82, 2.24) is 0 Å². The molecule has 1 aromatic carbocycles. The predicted octanol–water partition coefficient (Wildman–Crippen LogP) is 2.78. The normalized spacial score (nSPS) is 14.5. The maximum atomic E-state index is 11.9. The average molecular weight is 259 g/mol. The minimum Gasteiger partial charge on any atom is -0.479 e. The Hall–Kier alpha value is -1.55. The van der Waals surface area contributed by atoms with Crippen LogP contribution in [0.25, 0.3) is 0 Å². The monoisotopic (exact) mass is 258 g/mol. The Balaban J connectivity index is 3.19. The second-order valence-electron chi connectivity index (χ2n) is 3.32. The fraction of sp³-hybridized carbons (Fsp3) is 0.333. The number of halogens is 1. The van der Waals surface area contributed by atoms with Crippen molar-refractivity contribution in [3.05, 3.63) is 28.8 Å². The molecule has 17 heavy (non-hydrogen) atoms. The number of Topliss-reactive ketones (excluding diaryl/α,β-unsaturated/α-hetero) is 1. The van der Waals surface area contributed by atoms with Crippen molar-refractivity contribution < 1.29 is 22.2 Å². The largest absolute Gasteiger partial charge is 0.479 e. The van der Waals surface area contributed by atoms with Gasteiger partial charge in [-0.3, -0.25) is 4.79 Å². The third-order valence-corrected chi connectivity index (χ3v) is 2.30. The summed E-state index contributed by atoms with van der Waals surface area (Å²) >= 11 is 5.76. The molecule has 0 amide bonds. The summed E-state index contributed by atoms with van der Waals surface area (Å²) in [6, 6.07) is 4.04. The number of carboxylic acids is 1. The van der Waals surface area contributed by atoms with Gasteiger partial charge in [0.2, 0.25) is 0 Å². The summed E-state index contributed by atoms with van der Waals surface area (Å²) in [7, 11) is 0. The van der Waals surface area contributed by atoms with E-state index in [0.717, 1.165) is 6.92 Å². The molecular weight excluding hydrogens is 244 g/mol. The first-order chi connectivity index (χ1) is 8.62. The first kappa shape index (κ1) is 10.6. The zero-order valence-electron chi connectivity index (χ0n) is 11.4. The molecule has 1 aromatic rings. The van der Waals surface area contributed by atoms with Crippen LogP contribution in [0.2, 0.25) is 5.02 Å². The van der Waals surface area contributed by atoms with Crippen molar-refractivity contribution >= 4 is 23.4 Å². The Morgan fingerprint density at radius 2 is 2.24 bits per heavy atom. The van der Waals surface area contributed by atoms with Crippen LogP contribution in [0.5, 0.6) is 5.75 Å². The van der Waals surface area contributed by atoms with Gasteiger partial charge in [0, 0.05) is 14.1 Å². The summed E-state index contributed by atoms with van der Waals surface area (Å²) in [6.07, 6.45) is -3.26. The highest BCUT2D eigenvalue weighted by Gasteiger charge is 2.17. The lowest BCUT2D eigenvalue weighted by Gasteiger charge is -2.13. The molecule has 0 fully saturated rings. The molecule has 1 rings (SSSR count). The number of carbonyl (C=O) groups excluding carboxylic acids is 1. The summed E-state index contributed by atoms with van der Waals surface area (Å²) in [5.74, 6) is -2.01. The molecule has 0 saturated heterocycles. The zero-order chi connectivity index (χ0) is 14.8. The quantitative estimate of drug-likeness (QED) is 0.825. The highest BCUT2D eigenvalue weighted by molar-refractivity contribution is 6.31. The van der Waals surface area contributed by atoms with Crippen LogP contribution in [-0.4, -0.2) is 23.0 Å². The van der Waals surface area contributed by atoms with Gasteiger partial charge in [0.05, 0.1) is 5.56 Å². The van der Waals surface area contributed by atoms with Gasteiger partial charge in [-0.2, -0.15) is 0 Å². The Morgan fingerprint density at radius 1 is 1.59 bits per heavy atom. The molecule has 1 atom stereocenters. The van der Waals surface area contributed by atoms with E-state index in [-0.39, 0.29) is 16.3 Å². The number of ether oxygens (including phenoxy) is 1. The summed E-state index contributed by atoms with van der Waals surface area (Å²) < 4.78 is 20.0. The lowest BCUT2D eigenvalue weighted by molar-refractivity contribution is -0.144. The molecule has 4 nitrogen and oxygen atoms in total. The molecule has 0 aliphatic heterocycles. The van der Waals surface area contributed by atoms with Crippen LogP contribution >= 0.6 is 11.6 Å². The standard InChI is InChI=1S/C12H13ClO4/c1-3-10(14)9-6-8(13)4-5-11(9)17-7(2)12(15)16/h4-7H,3H2,1-2H3,(H,15,16)/t7-/m0/s1/i3D2. The number of hydrogen-bond donors (Lipinski definition) is 1. The van der Waals surface area contributed by atoms with E-state index in [4.69, 9.17) is 24.2 Å². The van der Waals surface area contributed by atoms with Crippen molar-refractivity contribution in [2.45, 2.75) is 26.3 Å². The van der Waals surface area contributed by atoms with Gasteiger partial charge in [0.1, 0.15) is 5.75 Å². The molecule has 0 heterocycles. The van der Waals surface area contributed by atoms with E-state index in [2.05, 4.69) is 0 Å². The predicted molar refractivity (Wildman–Crippen MR) is 63.8 cm³/mol. The van der Waals surface area contributed by atoms with Gasteiger partial charge in [0.25, 0.3) is 0 Å². The Labute approximate surface area is 107 Å². The highest BCUT2D eigenvalue weighted by Crippen LogP contribution is 2.25. The molecule has 0 aromatic heterocycles. The van der Waals surface area contributed by atoms with Crippen LogP contribution in [0.3, 0.4) is 0 Å². The Bertz CT molecular complexity index is 511. The van der Waals surface area contributed by atoms with Crippen molar-refractivity contribution in [1.29, 1.82) is 0 Å². The second-order valence-corrected chi connectivity index (χ2v) is 3.75. The summed E-state index contributed by atoms with van der Waals surface area (Å²) in [5, 5.41) is 9.02. The van der Waals surface area contributed by atoms with E-state index in [1.807, 2.05) is 0 Å². The number of hydrogen-bond acceptors (Lipinski definition) is 3. The van der Waals surface area contributed by atoms with E-state index < -0.39 is 24.2 Å². The molecule has 92 valence electrons. The van der Waals surface area contributed by atoms with Crippen molar-refractivity contribution in [2.75, 3.05) is 0 Å². The minimum atomic E-state index is -2.10. The molecule has 0 spiro atoms. The minimum absolute atomic E-state index is 0.00461. The summed E-state index contributed by atoms with van der Waals surface area (Å²) in [5.41, 5.74) is -0.0758. The van der Waals surface area contributed by atoms with Crippen LogP contribution in [0.4, 0.5) is 0 Å². The second kappa shape index (κ2) is 5.68. The van der Waals surface area contributed by atoms with Crippen LogP contribution in [0.1, 0.15) is 33.3 Å². The fourth-order valence-electron chi connectivity index (χ4n) is 1.16. The van der Waals surface area contributed by atoms with Crippen LogP contribution in [0, 0.1) is 0 Å². The number of rotatable bonds is 5. The van der Waals surface area contributed by atoms with Gasteiger partial charge in [0.15, 0.2) is 11.9 Å². The lowest BCUT2D eigenvalue weighted by atomic mass is 10.1. The third kappa shape index (κ3) is 3.46. The maximum absolute atomic E-state index is 11.9. The summed E-state index contributed by atoms with van der Waals surface area (Å²) in [4.78, 5) is 22.7. The number of benzene rings is 1. The van der Waals surface area contributed by atoms with Gasteiger partial charge in [-0.15, -0.1) is 0 Å². The first-order valence-corrected chi connectivity index (χ1v) is 5.24. The molecule has 0 saturated carbocycles. The number of carboxylic acid groups (broad SMARTS) is 1. The van der Waals surface area contributed by atoms with Gasteiger partial charge in [-0.05, 0) is 25.1 Å². The van der Waals surface area contributed by atoms with E-state index in [1.54, 1.807) is 0 Å². The smallest absolute Gasteiger partial charge is 0.344 e. The summed E-state index contributed by atoms with van der Waals surface area (Å²) in [6.45, 7) is 2.42. The van der Waals surface area contributed by atoms with Crippen LogP contribution < -0.4 is 4.74 Å². The van der Waals surface area contributed by atoms with Crippen LogP contribution in [-0.2, 0) is 4.79 Å². The molecule has 0 aliphatic carbocycles. The van der Waals surface area contributed by atoms with Gasteiger partial charge < -0.3 is 9.84 Å². The molecular formula is C12H13ClO4. The van der Waals surface area contributed by atoms with Crippen LogP contribution in [0.15, 0.2) is 18.2 Å². The number of carbonyl (C=O) groups is 2. The molecule has 1 N–H and O–H groups in total.